The van der Waals surface area contributed by atoms with Crippen LogP contribution in [0, 0.1) is 6.92 Å². The van der Waals surface area contributed by atoms with Crippen molar-refractivity contribution in [2.75, 3.05) is 6.73 Å². The molecule has 0 spiro atoms. The van der Waals surface area contributed by atoms with Gasteiger partial charge in [-0.3, -0.25) is 14.7 Å². The van der Waals surface area contributed by atoms with Gasteiger partial charge < -0.3 is 9.47 Å². The molecule has 0 radical (unpaired) electrons. The smallest absolute Gasteiger partial charge is 0.231 e. The highest BCUT2D eigenvalue weighted by atomic mass is 16.5. The van der Waals surface area contributed by atoms with Crippen molar-refractivity contribution >= 4 is 11.9 Å². The molecule has 0 saturated carbocycles. The number of rotatable bonds is 4. The topological polar surface area (TPSA) is 51.7 Å². The van der Waals surface area contributed by atoms with E-state index >= 15 is 0 Å². The summed E-state index contributed by atoms with van der Waals surface area (Å²) in [5, 5.41) is 0. The number of hydrogen-bond acceptors (Lipinski definition) is 5. The number of fused-ring (bicyclic) bond motifs is 2. The maximum atomic E-state index is 13.0. The number of allylic oxidation sites excluding steroid dienone is 3. The molecule has 0 fully saturated rings. The summed E-state index contributed by atoms with van der Waals surface area (Å²) >= 11 is 0. The van der Waals surface area contributed by atoms with Crippen LogP contribution >= 0.6 is 0 Å². The Kier molecular flexibility index (Phi) is 5.10. The summed E-state index contributed by atoms with van der Waals surface area (Å²) < 4.78 is 12.0. The average molecular weight is 410 g/mol. The van der Waals surface area contributed by atoms with Crippen molar-refractivity contribution in [3.8, 4) is 11.5 Å². The number of ether oxygens (including phenoxy) is 2. The maximum Gasteiger partial charge on any atom is 0.231 e. The highest BCUT2D eigenvalue weighted by molar-refractivity contribution is 6.13. The molecular formula is C26H22N2O3. The number of Topliss-reactive ketones (excluding diaryl/α,β-unsaturated/α-hetero) is 1. The fraction of sp³-hybridized carbons (Fsp3) is 0.154. The van der Waals surface area contributed by atoms with E-state index in [0.29, 0.717) is 36.9 Å². The Morgan fingerprint density at radius 1 is 1.10 bits per heavy atom. The molecule has 5 heteroatoms. The van der Waals surface area contributed by atoms with Crippen LogP contribution in [0.4, 0.5) is 0 Å². The van der Waals surface area contributed by atoms with Gasteiger partial charge in [0.25, 0.3) is 0 Å². The van der Waals surface area contributed by atoms with E-state index < -0.39 is 0 Å². The van der Waals surface area contributed by atoms with Gasteiger partial charge in [0, 0.05) is 30.4 Å². The zero-order chi connectivity index (χ0) is 21.2. The third-order valence-corrected chi connectivity index (χ3v) is 5.45. The van der Waals surface area contributed by atoms with Crippen LogP contribution in [-0.4, -0.2) is 22.4 Å². The molecule has 0 bridgehead atoms. The Balaban J connectivity index is 1.37. The van der Waals surface area contributed by atoms with Crippen molar-refractivity contribution in [1.82, 2.24) is 9.88 Å². The highest BCUT2D eigenvalue weighted by Gasteiger charge is 2.33. The predicted molar refractivity (Wildman–Crippen MR) is 119 cm³/mol. The first-order valence-corrected chi connectivity index (χ1v) is 10.3. The summed E-state index contributed by atoms with van der Waals surface area (Å²) in [4.78, 5) is 19.5. The Labute approximate surface area is 181 Å². The van der Waals surface area contributed by atoms with Crippen LogP contribution in [0.3, 0.4) is 0 Å². The number of hydrogen-bond donors (Lipinski definition) is 0. The molecule has 0 atom stereocenters. The van der Waals surface area contributed by atoms with Crippen molar-refractivity contribution < 1.29 is 14.3 Å². The van der Waals surface area contributed by atoms with Crippen LogP contribution in [0.5, 0.6) is 11.5 Å². The third kappa shape index (κ3) is 3.88. The van der Waals surface area contributed by atoms with Gasteiger partial charge in [-0.05, 0) is 36.8 Å². The molecule has 0 N–H and O–H groups in total. The number of carbonyl (C=O) groups excluding carboxylic acids is 1. The average Bonchev–Trinajstić information content (AvgIpc) is 3.11. The molecule has 3 aromatic rings. The van der Waals surface area contributed by atoms with E-state index in [1.165, 1.54) is 0 Å². The minimum Gasteiger partial charge on any atom is -0.477 e. The van der Waals surface area contributed by atoms with E-state index in [4.69, 9.17) is 9.47 Å². The lowest BCUT2D eigenvalue weighted by Gasteiger charge is -2.30. The number of ketones is 1. The fourth-order valence-corrected chi connectivity index (χ4v) is 3.94. The lowest BCUT2D eigenvalue weighted by Crippen LogP contribution is -2.32. The van der Waals surface area contributed by atoms with Gasteiger partial charge >= 0.3 is 0 Å². The molecular weight excluding hydrogens is 388 g/mol. The van der Waals surface area contributed by atoms with E-state index in [1.54, 1.807) is 12.3 Å². The summed E-state index contributed by atoms with van der Waals surface area (Å²) in [5.74, 6) is 1.64. The molecule has 154 valence electrons. The zero-order valence-electron chi connectivity index (χ0n) is 17.2. The van der Waals surface area contributed by atoms with Gasteiger partial charge in [0.15, 0.2) is 5.76 Å². The fourth-order valence-electron chi connectivity index (χ4n) is 3.94. The van der Waals surface area contributed by atoms with Crippen molar-refractivity contribution in [3.63, 3.8) is 0 Å². The van der Waals surface area contributed by atoms with Crippen molar-refractivity contribution in [3.05, 3.63) is 107 Å². The number of pyridine rings is 1. The van der Waals surface area contributed by atoms with Crippen molar-refractivity contribution in [1.29, 1.82) is 0 Å². The van der Waals surface area contributed by atoms with Gasteiger partial charge in [-0.25, -0.2) is 0 Å². The SMILES string of the molecule is Cc1c2c(cc3c1O/C(=C\C=C\c1ccccc1)C3=O)CN(Cc1ccccn1)CO2. The Hall–Kier alpha value is -3.70. The van der Waals surface area contributed by atoms with Gasteiger partial charge in [0.1, 0.15) is 18.2 Å². The molecule has 5 nitrogen and oxygen atoms in total. The molecule has 0 saturated heterocycles. The second kappa shape index (κ2) is 8.20. The van der Waals surface area contributed by atoms with Crippen molar-refractivity contribution in [2.24, 2.45) is 0 Å². The summed E-state index contributed by atoms with van der Waals surface area (Å²) in [6, 6.07) is 17.7. The molecule has 0 amide bonds. The monoisotopic (exact) mass is 410 g/mol. The van der Waals surface area contributed by atoms with Gasteiger partial charge in [0.2, 0.25) is 5.78 Å². The Morgan fingerprint density at radius 2 is 1.94 bits per heavy atom. The second-order valence-corrected chi connectivity index (χ2v) is 7.68. The molecule has 5 rings (SSSR count). The van der Waals surface area contributed by atoms with Crippen LogP contribution in [0.25, 0.3) is 6.08 Å². The van der Waals surface area contributed by atoms with Crippen LogP contribution in [0.2, 0.25) is 0 Å². The minimum absolute atomic E-state index is 0.0968. The van der Waals surface area contributed by atoms with Crippen LogP contribution in [0.15, 0.2) is 78.7 Å². The van der Waals surface area contributed by atoms with Crippen LogP contribution in [0.1, 0.15) is 32.7 Å². The zero-order valence-corrected chi connectivity index (χ0v) is 17.2. The molecule has 0 aliphatic carbocycles. The molecule has 3 heterocycles. The van der Waals surface area contributed by atoms with Crippen LogP contribution < -0.4 is 9.47 Å². The first-order valence-electron chi connectivity index (χ1n) is 10.3. The normalized spacial score (nSPS) is 16.8. The van der Waals surface area contributed by atoms with Gasteiger partial charge in [-0.1, -0.05) is 48.6 Å². The molecule has 2 aliphatic heterocycles. The summed E-state index contributed by atoms with van der Waals surface area (Å²) in [6.45, 7) is 3.80. The quantitative estimate of drug-likeness (QED) is 0.572. The standard InChI is InChI=1S/C26H22N2O3/c1-18-25-20(15-28(17-30-25)16-21-11-5-6-13-27-21)14-22-24(29)23(31-26(18)22)12-7-10-19-8-3-2-4-9-19/h2-14H,15-17H2,1H3/b10-7+,23-12-. The minimum atomic E-state index is -0.0968. The molecule has 31 heavy (non-hydrogen) atoms. The summed E-state index contributed by atoms with van der Waals surface area (Å²) in [5.41, 5.74) is 4.52. The van der Waals surface area contributed by atoms with E-state index in [-0.39, 0.29) is 5.78 Å². The number of aromatic nitrogens is 1. The summed E-state index contributed by atoms with van der Waals surface area (Å²) in [6.07, 6.45) is 7.31. The molecule has 0 unspecified atom stereocenters. The lowest BCUT2D eigenvalue weighted by atomic mass is 10.00. The van der Waals surface area contributed by atoms with Gasteiger partial charge in [0.05, 0.1) is 11.3 Å². The summed E-state index contributed by atoms with van der Waals surface area (Å²) in [7, 11) is 0. The first-order chi connectivity index (χ1) is 15.2. The van der Waals surface area contributed by atoms with E-state index in [1.807, 2.05) is 73.7 Å². The van der Waals surface area contributed by atoms with E-state index in [0.717, 1.165) is 28.1 Å². The number of nitrogens with zero attached hydrogens (tertiary/aromatic N) is 2. The Bertz CT molecular complexity index is 1180. The lowest BCUT2D eigenvalue weighted by molar-refractivity contribution is 0.0865. The van der Waals surface area contributed by atoms with E-state index in [9.17, 15) is 4.79 Å². The van der Waals surface area contributed by atoms with Gasteiger partial charge in [-0.2, -0.15) is 0 Å². The number of carbonyl (C=O) groups is 1. The molecule has 2 aromatic carbocycles. The molecule has 1 aromatic heterocycles. The Morgan fingerprint density at radius 3 is 2.74 bits per heavy atom. The van der Waals surface area contributed by atoms with Gasteiger partial charge in [-0.15, -0.1) is 0 Å². The van der Waals surface area contributed by atoms with E-state index in [2.05, 4.69) is 9.88 Å². The number of benzene rings is 2. The van der Waals surface area contributed by atoms with Crippen LogP contribution in [-0.2, 0) is 13.1 Å². The predicted octanol–water partition coefficient (Wildman–Crippen LogP) is 4.91. The highest BCUT2D eigenvalue weighted by Crippen LogP contribution is 2.43. The second-order valence-electron chi connectivity index (χ2n) is 7.68. The third-order valence-electron chi connectivity index (χ3n) is 5.45. The van der Waals surface area contributed by atoms with Crippen molar-refractivity contribution in [2.45, 2.75) is 20.0 Å². The maximum absolute atomic E-state index is 13.0. The first kappa shape index (κ1) is 19.3. The molecule has 2 aliphatic rings. The largest absolute Gasteiger partial charge is 0.477 e.